The molecule has 3 aromatic rings. The van der Waals surface area contributed by atoms with Crippen LogP contribution in [0.3, 0.4) is 0 Å². The Kier molecular flexibility index (Phi) is 10.4. The summed E-state index contributed by atoms with van der Waals surface area (Å²) in [4.78, 5) is 35.9. The summed E-state index contributed by atoms with van der Waals surface area (Å²) in [5.74, 6) is 1.86. The lowest BCUT2D eigenvalue weighted by Crippen LogP contribution is -2.44. The summed E-state index contributed by atoms with van der Waals surface area (Å²) in [7, 11) is 3.19. The third-order valence-corrected chi connectivity index (χ3v) is 7.81. The van der Waals surface area contributed by atoms with Crippen molar-refractivity contribution < 1.29 is 19.1 Å². The number of ether oxygens (including phenoxy) is 2. The maximum atomic E-state index is 12.7. The molecule has 2 heterocycles. The van der Waals surface area contributed by atoms with E-state index in [0.29, 0.717) is 47.6 Å². The molecule has 0 spiro atoms. The normalized spacial score (nSPS) is 15.1. The van der Waals surface area contributed by atoms with Crippen LogP contribution >= 0.6 is 23.4 Å². The molecule has 0 bridgehead atoms. The predicted molar refractivity (Wildman–Crippen MR) is 153 cm³/mol. The third-order valence-electron chi connectivity index (χ3n) is 6.68. The average molecular weight is 569 g/mol. The van der Waals surface area contributed by atoms with Crippen LogP contribution in [-0.4, -0.2) is 66.3 Å². The highest BCUT2D eigenvalue weighted by atomic mass is 35.5. The van der Waals surface area contributed by atoms with Crippen LogP contribution in [0.25, 0.3) is 11.1 Å². The molecule has 10 heteroatoms. The van der Waals surface area contributed by atoms with Crippen molar-refractivity contribution in [2.24, 2.45) is 5.92 Å². The number of methoxy groups -OCH3 is 2. The lowest BCUT2D eigenvalue weighted by atomic mass is 9.97. The Morgan fingerprint density at radius 3 is 2.51 bits per heavy atom. The van der Waals surface area contributed by atoms with Gasteiger partial charge in [0.25, 0.3) is 0 Å². The second-order valence-corrected chi connectivity index (χ2v) is 10.8. The van der Waals surface area contributed by atoms with Crippen molar-refractivity contribution in [3.63, 3.8) is 0 Å². The molecule has 1 atom stereocenters. The van der Waals surface area contributed by atoms with Crippen molar-refractivity contribution in [2.45, 2.75) is 30.8 Å². The van der Waals surface area contributed by atoms with Crippen LogP contribution in [-0.2, 0) is 16.0 Å². The molecule has 1 aliphatic heterocycles. The first-order valence-electron chi connectivity index (χ1n) is 12.9. The topological polar surface area (TPSA) is 93.7 Å². The summed E-state index contributed by atoms with van der Waals surface area (Å²) < 4.78 is 10.6. The van der Waals surface area contributed by atoms with Gasteiger partial charge in [0, 0.05) is 49.0 Å². The molecule has 8 nitrogen and oxygen atoms in total. The summed E-state index contributed by atoms with van der Waals surface area (Å²) >= 11 is 7.23. The number of likely N-dealkylation sites (tertiary alicyclic amines) is 1. The zero-order valence-corrected chi connectivity index (χ0v) is 23.8. The largest absolute Gasteiger partial charge is 0.493 e. The number of aromatic nitrogens is 2. The fourth-order valence-corrected chi connectivity index (χ4v) is 5.26. The number of halogens is 1. The van der Waals surface area contributed by atoms with Crippen LogP contribution in [0.5, 0.6) is 11.5 Å². The number of carbonyl (C=O) groups is 2. The first-order chi connectivity index (χ1) is 18.9. The van der Waals surface area contributed by atoms with Gasteiger partial charge in [0.2, 0.25) is 11.8 Å². The maximum Gasteiger partial charge on any atom is 0.230 e. The molecule has 1 aliphatic rings. The number of aryl methyl sites for hydroxylation is 1. The Balaban J connectivity index is 1.19. The number of piperidine rings is 1. The standard InChI is InChI=1S/C29H33ClN4O4S/c1-37-25-11-8-22(14-26(25)38-2)23-16-32-29(33-17-23)39-19-27(35)31-15-21-4-3-13-34(18-21)28(36)12-7-20-5-9-24(30)10-6-20/h5-6,8-11,14,16-17,21H,3-4,7,12-13,15,18-19H2,1-2H3,(H,31,35). The molecule has 1 N–H and O–H groups in total. The van der Waals surface area contributed by atoms with Crippen LogP contribution in [0.15, 0.2) is 60.0 Å². The van der Waals surface area contributed by atoms with E-state index in [0.717, 1.165) is 36.1 Å². The molecule has 1 fully saturated rings. The van der Waals surface area contributed by atoms with Crippen molar-refractivity contribution in [1.29, 1.82) is 0 Å². The van der Waals surface area contributed by atoms with Crippen molar-refractivity contribution in [3.05, 3.63) is 65.4 Å². The van der Waals surface area contributed by atoms with Gasteiger partial charge in [0.1, 0.15) is 0 Å². The van der Waals surface area contributed by atoms with Gasteiger partial charge < -0.3 is 19.7 Å². The van der Waals surface area contributed by atoms with Gasteiger partial charge >= 0.3 is 0 Å². The Labute approximate surface area is 238 Å². The molecule has 0 radical (unpaired) electrons. The van der Waals surface area contributed by atoms with Gasteiger partial charge in [-0.15, -0.1) is 0 Å². The van der Waals surface area contributed by atoms with E-state index in [1.165, 1.54) is 11.8 Å². The summed E-state index contributed by atoms with van der Waals surface area (Å²) in [6.45, 7) is 2.00. The monoisotopic (exact) mass is 568 g/mol. The van der Waals surface area contributed by atoms with E-state index in [4.69, 9.17) is 21.1 Å². The molecular weight excluding hydrogens is 536 g/mol. The second kappa shape index (κ2) is 14.2. The van der Waals surface area contributed by atoms with Crippen molar-refractivity contribution >= 4 is 35.2 Å². The Bertz CT molecular complexity index is 1260. The zero-order valence-electron chi connectivity index (χ0n) is 22.2. The third kappa shape index (κ3) is 8.34. The highest BCUT2D eigenvalue weighted by Gasteiger charge is 2.24. The first-order valence-corrected chi connectivity index (χ1v) is 14.3. The zero-order chi connectivity index (χ0) is 27.6. The molecule has 0 saturated carbocycles. The van der Waals surface area contributed by atoms with Gasteiger partial charge in [-0.3, -0.25) is 9.59 Å². The van der Waals surface area contributed by atoms with Crippen LogP contribution in [0.4, 0.5) is 0 Å². The van der Waals surface area contributed by atoms with E-state index in [2.05, 4.69) is 15.3 Å². The molecule has 1 saturated heterocycles. The smallest absolute Gasteiger partial charge is 0.230 e. The minimum Gasteiger partial charge on any atom is -0.493 e. The highest BCUT2D eigenvalue weighted by molar-refractivity contribution is 7.99. The lowest BCUT2D eigenvalue weighted by molar-refractivity contribution is -0.132. The van der Waals surface area contributed by atoms with Gasteiger partial charge in [0.05, 0.1) is 20.0 Å². The molecule has 39 heavy (non-hydrogen) atoms. The first kappa shape index (κ1) is 28.7. The Morgan fingerprint density at radius 2 is 1.79 bits per heavy atom. The van der Waals surface area contributed by atoms with Gasteiger partial charge in [0.15, 0.2) is 16.7 Å². The summed E-state index contributed by atoms with van der Waals surface area (Å²) in [5.41, 5.74) is 2.85. The van der Waals surface area contributed by atoms with Crippen molar-refractivity contribution in [3.8, 4) is 22.6 Å². The van der Waals surface area contributed by atoms with Crippen molar-refractivity contribution in [1.82, 2.24) is 20.2 Å². The fraction of sp³-hybridized carbons (Fsp3) is 0.379. The summed E-state index contributed by atoms with van der Waals surface area (Å²) in [5, 5.41) is 4.24. The number of nitrogens with zero attached hydrogens (tertiary/aromatic N) is 3. The average Bonchev–Trinajstić information content (AvgIpc) is 2.98. The number of hydrogen-bond acceptors (Lipinski definition) is 7. The Hall–Kier alpha value is -3.30. The van der Waals surface area contributed by atoms with E-state index in [-0.39, 0.29) is 23.5 Å². The molecule has 1 aromatic heterocycles. The van der Waals surface area contributed by atoms with E-state index in [1.807, 2.05) is 47.4 Å². The van der Waals surface area contributed by atoms with E-state index in [9.17, 15) is 9.59 Å². The van der Waals surface area contributed by atoms with E-state index >= 15 is 0 Å². The van der Waals surface area contributed by atoms with Crippen LogP contribution in [0, 0.1) is 5.92 Å². The summed E-state index contributed by atoms with van der Waals surface area (Å²) in [6, 6.07) is 13.2. The van der Waals surface area contributed by atoms with E-state index in [1.54, 1.807) is 26.6 Å². The predicted octanol–water partition coefficient (Wildman–Crippen LogP) is 4.89. The fourth-order valence-electron chi connectivity index (χ4n) is 4.51. The minimum absolute atomic E-state index is 0.0706. The number of hydrogen-bond donors (Lipinski definition) is 1. The van der Waals surface area contributed by atoms with Crippen molar-refractivity contribution in [2.75, 3.05) is 39.6 Å². The van der Waals surface area contributed by atoms with Gasteiger partial charge in [-0.05, 0) is 60.6 Å². The number of rotatable bonds is 11. The van der Waals surface area contributed by atoms with Crippen LogP contribution in [0.2, 0.25) is 5.02 Å². The van der Waals surface area contributed by atoms with Gasteiger partial charge in [-0.2, -0.15) is 0 Å². The van der Waals surface area contributed by atoms with Crippen LogP contribution < -0.4 is 14.8 Å². The molecule has 4 rings (SSSR count). The SMILES string of the molecule is COc1ccc(-c2cnc(SCC(=O)NCC3CCCN(C(=O)CCc4ccc(Cl)cc4)C3)nc2)cc1OC. The Morgan fingerprint density at radius 1 is 1.05 bits per heavy atom. The van der Waals surface area contributed by atoms with Gasteiger partial charge in [-0.25, -0.2) is 9.97 Å². The molecule has 1 unspecified atom stereocenters. The summed E-state index contributed by atoms with van der Waals surface area (Å²) in [6.07, 6.45) is 6.58. The second-order valence-electron chi connectivity index (χ2n) is 9.39. The molecule has 206 valence electrons. The quantitative estimate of drug-likeness (QED) is 0.260. The van der Waals surface area contributed by atoms with Gasteiger partial charge in [-0.1, -0.05) is 41.6 Å². The molecule has 2 aromatic carbocycles. The van der Waals surface area contributed by atoms with E-state index < -0.39 is 0 Å². The molecule has 0 aliphatic carbocycles. The number of benzene rings is 2. The maximum absolute atomic E-state index is 12.7. The number of carbonyl (C=O) groups excluding carboxylic acids is 2. The molecule has 2 amide bonds. The number of thioether (sulfide) groups is 1. The highest BCUT2D eigenvalue weighted by Crippen LogP contribution is 2.32. The van der Waals surface area contributed by atoms with Crippen LogP contribution in [0.1, 0.15) is 24.8 Å². The number of nitrogens with one attached hydrogen (secondary N) is 1. The minimum atomic E-state index is -0.0706. The number of amides is 2. The lowest BCUT2D eigenvalue weighted by Gasteiger charge is -2.33. The molecular formula is C29H33ClN4O4S.